The van der Waals surface area contributed by atoms with E-state index < -0.39 is 11.9 Å². The van der Waals surface area contributed by atoms with Crippen molar-refractivity contribution in [2.75, 3.05) is 7.11 Å². The molecule has 0 amide bonds. The van der Waals surface area contributed by atoms with Crippen molar-refractivity contribution in [3.8, 4) is 5.88 Å². The molecule has 0 bridgehead atoms. The van der Waals surface area contributed by atoms with Crippen molar-refractivity contribution >= 4 is 5.97 Å². The molecule has 0 fully saturated rings. The van der Waals surface area contributed by atoms with Crippen LogP contribution in [-0.2, 0) is 4.79 Å². The highest BCUT2D eigenvalue weighted by molar-refractivity contribution is 5.76. The van der Waals surface area contributed by atoms with Crippen LogP contribution in [0, 0.1) is 0 Å². The Labute approximate surface area is 95.3 Å². The predicted molar refractivity (Wildman–Crippen MR) is 60.7 cm³/mol. The number of hydrogen-bond donors (Lipinski definition) is 1. The van der Waals surface area contributed by atoms with Gasteiger partial charge in [0.25, 0.3) is 0 Å². The Morgan fingerprint density at radius 3 is 2.94 bits per heavy atom. The van der Waals surface area contributed by atoms with Gasteiger partial charge in [0, 0.05) is 12.3 Å². The van der Waals surface area contributed by atoms with E-state index in [1.807, 2.05) is 6.92 Å². The molecular formula is C12H17NO3. The van der Waals surface area contributed by atoms with Crippen molar-refractivity contribution in [3.63, 3.8) is 0 Å². The molecule has 1 aromatic heterocycles. The van der Waals surface area contributed by atoms with Crippen LogP contribution in [0.15, 0.2) is 18.3 Å². The number of nitrogens with zero attached hydrogens (tertiary/aromatic N) is 1. The molecule has 1 N–H and O–H groups in total. The summed E-state index contributed by atoms with van der Waals surface area (Å²) in [4.78, 5) is 15.1. The largest absolute Gasteiger partial charge is 0.481 e. The monoisotopic (exact) mass is 223 g/mol. The fraction of sp³-hybridized carbons (Fsp3) is 0.500. The number of carboxylic acid groups (broad SMARTS) is 1. The summed E-state index contributed by atoms with van der Waals surface area (Å²) in [5, 5.41) is 9.16. The summed E-state index contributed by atoms with van der Waals surface area (Å²) in [6, 6.07) is 3.42. The zero-order chi connectivity index (χ0) is 12.0. The van der Waals surface area contributed by atoms with Crippen molar-refractivity contribution in [3.05, 3.63) is 23.9 Å². The van der Waals surface area contributed by atoms with Crippen LogP contribution in [0.2, 0.25) is 0 Å². The Morgan fingerprint density at radius 1 is 1.62 bits per heavy atom. The molecule has 0 radical (unpaired) electrons. The van der Waals surface area contributed by atoms with Gasteiger partial charge in [0.2, 0.25) is 5.88 Å². The molecule has 1 atom stereocenters. The zero-order valence-corrected chi connectivity index (χ0v) is 9.64. The van der Waals surface area contributed by atoms with Gasteiger partial charge in [-0.05, 0) is 18.1 Å². The molecule has 0 saturated heterocycles. The lowest BCUT2D eigenvalue weighted by molar-refractivity contribution is -0.139. The third-order valence-electron chi connectivity index (χ3n) is 2.51. The summed E-state index contributed by atoms with van der Waals surface area (Å²) in [6.45, 7) is 2.05. The van der Waals surface area contributed by atoms with Gasteiger partial charge in [0.1, 0.15) is 0 Å². The number of aromatic nitrogens is 1. The number of methoxy groups -OCH3 is 1. The summed E-state index contributed by atoms with van der Waals surface area (Å²) >= 11 is 0. The minimum absolute atomic E-state index is 0.459. The third-order valence-corrected chi connectivity index (χ3v) is 2.51. The number of rotatable bonds is 6. The molecule has 16 heavy (non-hydrogen) atoms. The molecule has 0 aromatic carbocycles. The van der Waals surface area contributed by atoms with Crippen LogP contribution in [0.3, 0.4) is 0 Å². The molecule has 1 unspecified atom stereocenters. The molecule has 4 heteroatoms. The summed E-state index contributed by atoms with van der Waals surface area (Å²) in [6.07, 6.45) is 4.13. The molecule has 1 heterocycles. The summed E-state index contributed by atoms with van der Waals surface area (Å²) in [5.41, 5.74) is 0.757. The van der Waals surface area contributed by atoms with Gasteiger partial charge >= 0.3 is 5.97 Å². The van der Waals surface area contributed by atoms with E-state index >= 15 is 0 Å². The van der Waals surface area contributed by atoms with Crippen LogP contribution < -0.4 is 4.74 Å². The van der Waals surface area contributed by atoms with Crippen LogP contribution in [0.4, 0.5) is 0 Å². The maximum atomic E-state index is 11.1. The van der Waals surface area contributed by atoms with E-state index in [2.05, 4.69) is 4.98 Å². The van der Waals surface area contributed by atoms with Crippen molar-refractivity contribution in [1.82, 2.24) is 4.98 Å². The average Bonchev–Trinajstić information content (AvgIpc) is 2.29. The van der Waals surface area contributed by atoms with Gasteiger partial charge < -0.3 is 9.84 Å². The topological polar surface area (TPSA) is 59.4 Å². The minimum atomic E-state index is -0.790. The van der Waals surface area contributed by atoms with Gasteiger partial charge in [-0.1, -0.05) is 19.8 Å². The van der Waals surface area contributed by atoms with Gasteiger partial charge in [-0.2, -0.15) is 0 Å². The van der Waals surface area contributed by atoms with Crippen LogP contribution in [0.25, 0.3) is 0 Å². The molecular weight excluding hydrogens is 206 g/mol. The van der Waals surface area contributed by atoms with Crippen LogP contribution >= 0.6 is 0 Å². The quantitative estimate of drug-likeness (QED) is 0.804. The lowest BCUT2D eigenvalue weighted by Gasteiger charge is -2.12. The first kappa shape index (κ1) is 12.5. The first-order valence-electron chi connectivity index (χ1n) is 5.41. The molecule has 1 aromatic rings. The van der Waals surface area contributed by atoms with E-state index in [4.69, 9.17) is 9.84 Å². The van der Waals surface area contributed by atoms with Crippen molar-refractivity contribution in [2.45, 2.75) is 32.1 Å². The first-order valence-corrected chi connectivity index (χ1v) is 5.41. The summed E-state index contributed by atoms with van der Waals surface area (Å²) in [7, 11) is 1.52. The Bertz CT molecular complexity index is 352. The van der Waals surface area contributed by atoms with Crippen molar-refractivity contribution < 1.29 is 14.6 Å². The molecule has 4 nitrogen and oxygen atoms in total. The first-order chi connectivity index (χ1) is 7.69. The van der Waals surface area contributed by atoms with Crippen LogP contribution in [0.5, 0.6) is 5.88 Å². The lowest BCUT2D eigenvalue weighted by Crippen LogP contribution is -2.11. The molecule has 0 spiro atoms. The second kappa shape index (κ2) is 6.10. The number of ether oxygens (including phenoxy) is 1. The number of pyridine rings is 1. The predicted octanol–water partition coefficient (Wildman–Crippen LogP) is 2.45. The van der Waals surface area contributed by atoms with E-state index in [-0.39, 0.29) is 0 Å². The fourth-order valence-corrected chi connectivity index (χ4v) is 1.59. The maximum Gasteiger partial charge on any atom is 0.310 e. The molecule has 0 aliphatic rings. The Kier molecular flexibility index (Phi) is 4.76. The highest BCUT2D eigenvalue weighted by atomic mass is 16.5. The fourth-order valence-electron chi connectivity index (χ4n) is 1.59. The van der Waals surface area contributed by atoms with Crippen LogP contribution in [-0.4, -0.2) is 23.2 Å². The average molecular weight is 223 g/mol. The maximum absolute atomic E-state index is 11.1. The minimum Gasteiger partial charge on any atom is -0.481 e. The van der Waals surface area contributed by atoms with Gasteiger partial charge in [0.05, 0.1) is 13.0 Å². The Hall–Kier alpha value is -1.58. The zero-order valence-electron chi connectivity index (χ0n) is 9.64. The van der Waals surface area contributed by atoms with Gasteiger partial charge in [-0.15, -0.1) is 0 Å². The van der Waals surface area contributed by atoms with Crippen molar-refractivity contribution in [1.29, 1.82) is 0 Å². The Balaban J connectivity index is 2.87. The van der Waals surface area contributed by atoms with Crippen molar-refractivity contribution in [2.24, 2.45) is 0 Å². The Morgan fingerprint density at radius 2 is 2.38 bits per heavy atom. The van der Waals surface area contributed by atoms with E-state index in [0.717, 1.165) is 18.4 Å². The molecule has 0 saturated carbocycles. The number of carbonyl (C=O) groups is 1. The molecule has 0 aliphatic carbocycles. The van der Waals surface area contributed by atoms with E-state index in [9.17, 15) is 4.79 Å². The number of hydrogen-bond acceptors (Lipinski definition) is 3. The summed E-state index contributed by atoms with van der Waals surface area (Å²) in [5.74, 6) is -0.793. The summed E-state index contributed by atoms with van der Waals surface area (Å²) < 4.78 is 4.99. The van der Waals surface area contributed by atoms with Gasteiger partial charge in [-0.3, -0.25) is 4.79 Å². The van der Waals surface area contributed by atoms with E-state index in [0.29, 0.717) is 12.3 Å². The second-order valence-corrected chi connectivity index (χ2v) is 3.66. The smallest absolute Gasteiger partial charge is 0.310 e. The van der Waals surface area contributed by atoms with Gasteiger partial charge in [0.15, 0.2) is 0 Å². The third kappa shape index (κ3) is 3.22. The standard InChI is InChI=1S/C12H17NO3/c1-3-4-5-10(12(14)15)9-6-7-13-11(8-9)16-2/h6-8,10H,3-5H2,1-2H3,(H,14,15). The van der Waals surface area contributed by atoms with E-state index in [1.165, 1.54) is 7.11 Å². The number of aliphatic carboxylic acids is 1. The van der Waals surface area contributed by atoms with E-state index in [1.54, 1.807) is 18.3 Å². The normalized spacial score (nSPS) is 12.1. The SMILES string of the molecule is CCCCC(C(=O)O)c1ccnc(OC)c1. The highest BCUT2D eigenvalue weighted by Crippen LogP contribution is 2.24. The highest BCUT2D eigenvalue weighted by Gasteiger charge is 2.19. The second-order valence-electron chi connectivity index (χ2n) is 3.66. The molecule has 0 aliphatic heterocycles. The number of carboxylic acids is 1. The van der Waals surface area contributed by atoms with Crippen LogP contribution in [0.1, 0.15) is 37.7 Å². The molecule has 88 valence electrons. The molecule has 1 rings (SSSR count). The lowest BCUT2D eigenvalue weighted by atomic mass is 9.94. The van der Waals surface area contributed by atoms with Gasteiger partial charge in [-0.25, -0.2) is 4.98 Å². The number of unbranched alkanes of at least 4 members (excludes halogenated alkanes) is 1.